The Kier molecular flexibility index (Phi) is 10.3. The van der Waals surface area contributed by atoms with Crippen molar-refractivity contribution in [2.24, 2.45) is 5.92 Å². The molecule has 3 fully saturated rings. The lowest BCUT2D eigenvalue weighted by Gasteiger charge is -2.37. The van der Waals surface area contributed by atoms with Crippen molar-refractivity contribution in [3.63, 3.8) is 0 Å². The molecule has 3 aliphatic heterocycles. The van der Waals surface area contributed by atoms with E-state index < -0.39 is 79.1 Å². The van der Waals surface area contributed by atoms with Gasteiger partial charge >= 0.3 is 6.09 Å². The summed E-state index contributed by atoms with van der Waals surface area (Å²) in [6.07, 6.45) is 8.06. The SMILES string of the molecule is CC(C)(C)OC(=O)NC1CCCCC/C=C\[C@H]2C[C@@]2(C(=O)NS(=O)(=O)C2(C)CC2)NC(=O)[C@@H]2C[C@@]3(CCc4c(c(-c5cccc(F)c5)nc5ccccc45)O3)CN2C1=O. The van der Waals surface area contributed by atoms with Crippen LogP contribution < -0.4 is 20.1 Å². The number of rotatable bonds is 5. The molecule has 5 aliphatic rings. The molecular weight excluding hydrogens is 778 g/mol. The van der Waals surface area contributed by atoms with Crippen LogP contribution in [0.2, 0.25) is 0 Å². The topological polar surface area (TPSA) is 173 Å². The van der Waals surface area contributed by atoms with Crippen LogP contribution in [0.1, 0.15) is 97.5 Å². The van der Waals surface area contributed by atoms with Gasteiger partial charge < -0.3 is 25.0 Å². The summed E-state index contributed by atoms with van der Waals surface area (Å²) in [5.41, 5.74) is -0.999. The number of benzene rings is 2. The number of para-hydroxylation sites is 1. The summed E-state index contributed by atoms with van der Waals surface area (Å²) in [5.74, 6) is -2.44. The lowest BCUT2D eigenvalue weighted by molar-refractivity contribution is -0.141. The van der Waals surface area contributed by atoms with E-state index in [4.69, 9.17) is 14.5 Å². The highest BCUT2D eigenvalue weighted by Crippen LogP contribution is 2.50. The lowest BCUT2D eigenvalue weighted by atomic mass is 9.86. The Morgan fingerprint density at radius 1 is 1.03 bits per heavy atom. The molecule has 4 heterocycles. The third-order valence-corrected chi connectivity index (χ3v) is 14.7. The molecule has 1 aromatic heterocycles. The van der Waals surface area contributed by atoms with Crippen LogP contribution in [-0.4, -0.2) is 82.2 Å². The number of nitrogens with one attached hydrogen (secondary N) is 3. The molecule has 0 radical (unpaired) electrons. The van der Waals surface area contributed by atoms with E-state index in [0.29, 0.717) is 61.0 Å². The molecule has 15 heteroatoms. The van der Waals surface area contributed by atoms with Crippen molar-refractivity contribution in [2.75, 3.05) is 6.54 Å². The number of aromatic nitrogens is 1. The number of halogens is 1. The van der Waals surface area contributed by atoms with E-state index >= 15 is 0 Å². The molecule has 1 spiro atoms. The van der Waals surface area contributed by atoms with E-state index in [1.807, 2.05) is 36.4 Å². The average molecular weight is 830 g/mol. The fourth-order valence-corrected chi connectivity index (χ4v) is 10.1. The predicted octanol–water partition coefficient (Wildman–Crippen LogP) is 5.99. The van der Waals surface area contributed by atoms with Gasteiger partial charge in [0.15, 0.2) is 0 Å². The number of amides is 4. The molecule has 3 aromatic rings. The van der Waals surface area contributed by atoms with Gasteiger partial charge in [0.25, 0.3) is 5.91 Å². The zero-order valence-corrected chi connectivity index (χ0v) is 34.8. The number of hydrogen-bond donors (Lipinski definition) is 3. The van der Waals surface area contributed by atoms with Crippen LogP contribution in [0.4, 0.5) is 9.18 Å². The number of aryl methyl sites for hydroxylation is 1. The van der Waals surface area contributed by atoms with Crippen LogP contribution in [0.3, 0.4) is 0 Å². The molecule has 1 unspecified atom stereocenters. The second-order valence-corrected chi connectivity index (χ2v) is 20.4. The van der Waals surface area contributed by atoms with Crippen molar-refractivity contribution in [3.05, 3.63) is 72.1 Å². The third kappa shape index (κ3) is 8.02. The Morgan fingerprint density at radius 2 is 1.81 bits per heavy atom. The molecule has 13 nitrogen and oxygen atoms in total. The van der Waals surface area contributed by atoms with E-state index in [2.05, 4.69) is 15.4 Å². The van der Waals surface area contributed by atoms with Crippen molar-refractivity contribution >= 4 is 44.7 Å². The van der Waals surface area contributed by atoms with E-state index in [-0.39, 0.29) is 25.8 Å². The summed E-state index contributed by atoms with van der Waals surface area (Å²) >= 11 is 0. The molecule has 0 bridgehead atoms. The van der Waals surface area contributed by atoms with Gasteiger partial charge in [-0.1, -0.05) is 55.3 Å². The summed E-state index contributed by atoms with van der Waals surface area (Å²) in [6, 6.07) is 11.5. The normalized spacial score (nSPS) is 28.4. The van der Waals surface area contributed by atoms with Gasteiger partial charge in [-0.15, -0.1) is 0 Å². The summed E-state index contributed by atoms with van der Waals surface area (Å²) in [4.78, 5) is 63.3. The molecular formula is C44H52FN5O8S. The zero-order valence-electron chi connectivity index (χ0n) is 33.9. The first-order valence-electron chi connectivity index (χ1n) is 20.6. The van der Waals surface area contributed by atoms with Gasteiger partial charge in [-0.25, -0.2) is 22.6 Å². The Balaban J connectivity index is 1.18. The fourth-order valence-electron chi connectivity index (χ4n) is 8.76. The average Bonchev–Trinajstić information content (AvgIpc) is 4.07. The quantitative estimate of drug-likeness (QED) is 0.261. The van der Waals surface area contributed by atoms with E-state index in [9.17, 15) is 32.0 Å². The largest absolute Gasteiger partial charge is 0.483 e. The zero-order chi connectivity index (χ0) is 42.0. The summed E-state index contributed by atoms with van der Waals surface area (Å²) < 4.78 is 55.0. The van der Waals surface area contributed by atoms with Crippen molar-refractivity contribution in [3.8, 4) is 17.0 Å². The Hall–Kier alpha value is -5.05. The summed E-state index contributed by atoms with van der Waals surface area (Å²) in [6.45, 7) is 6.73. The number of sulfonamides is 1. The standard InChI is InChI=1S/C44H52FN5O8S/c1-41(2,3)58-40(54)47-33-18-9-7-5-6-8-14-28-24-44(28,39(53)49-59(55,56)42(4)21-22-42)48-37(51)34-25-43(26-50(34)38(33)52)20-19-31-30-16-10-11-17-32(30)46-35(36(31)57-43)27-13-12-15-29(45)23-27/h8,10-17,23,28,33-34H,5-7,9,18-22,24-26H2,1-4H3,(H,47,54)(H,48,51)(H,49,53)/b14-8-/t28-,33?,34-,43-,44+/m0/s1. The minimum atomic E-state index is -4.03. The monoisotopic (exact) mass is 829 g/mol. The molecule has 59 heavy (non-hydrogen) atoms. The van der Waals surface area contributed by atoms with Crippen molar-refractivity contribution in [2.45, 2.75) is 132 Å². The van der Waals surface area contributed by atoms with Crippen molar-refractivity contribution in [1.82, 2.24) is 25.2 Å². The number of nitrogens with zero attached hydrogens (tertiary/aromatic N) is 2. The predicted molar refractivity (Wildman–Crippen MR) is 218 cm³/mol. The molecule has 314 valence electrons. The van der Waals surface area contributed by atoms with E-state index in [1.165, 1.54) is 17.0 Å². The van der Waals surface area contributed by atoms with Gasteiger partial charge in [-0.05, 0) is 97.3 Å². The third-order valence-electron chi connectivity index (χ3n) is 12.5. The molecule has 8 rings (SSSR count). The lowest BCUT2D eigenvalue weighted by Crippen LogP contribution is -2.58. The van der Waals surface area contributed by atoms with Gasteiger partial charge in [0.1, 0.15) is 46.1 Å². The Labute approximate surface area is 343 Å². The minimum Gasteiger partial charge on any atom is -0.483 e. The Morgan fingerprint density at radius 3 is 2.56 bits per heavy atom. The van der Waals surface area contributed by atoms with Gasteiger partial charge in [0, 0.05) is 28.9 Å². The summed E-state index contributed by atoms with van der Waals surface area (Å²) in [5, 5.41) is 6.59. The summed E-state index contributed by atoms with van der Waals surface area (Å²) in [7, 11) is -4.03. The van der Waals surface area contributed by atoms with Gasteiger partial charge in [0.05, 0.1) is 16.8 Å². The van der Waals surface area contributed by atoms with Crippen LogP contribution in [0, 0.1) is 11.7 Å². The van der Waals surface area contributed by atoms with Crippen LogP contribution >= 0.6 is 0 Å². The maximum absolute atomic E-state index is 14.9. The van der Waals surface area contributed by atoms with Crippen LogP contribution in [-0.2, 0) is 35.6 Å². The molecule has 1 saturated heterocycles. The highest BCUT2D eigenvalue weighted by atomic mass is 32.2. The molecule has 2 aliphatic carbocycles. The Bertz CT molecular complexity index is 2360. The molecule has 2 aromatic carbocycles. The van der Waals surface area contributed by atoms with Gasteiger partial charge in [-0.3, -0.25) is 19.1 Å². The number of carbonyl (C=O) groups is 4. The number of alkyl carbamates (subject to hydrolysis) is 1. The highest BCUT2D eigenvalue weighted by molar-refractivity contribution is 7.91. The van der Waals surface area contributed by atoms with Crippen LogP contribution in [0.15, 0.2) is 60.7 Å². The first kappa shape index (κ1) is 40.7. The number of fused-ring (bicyclic) bond motifs is 5. The first-order valence-corrected chi connectivity index (χ1v) is 22.1. The van der Waals surface area contributed by atoms with E-state index in [1.54, 1.807) is 39.8 Å². The fraction of sp³-hybridized carbons (Fsp3) is 0.523. The van der Waals surface area contributed by atoms with Gasteiger partial charge in [0.2, 0.25) is 21.8 Å². The van der Waals surface area contributed by atoms with E-state index in [0.717, 1.165) is 23.8 Å². The number of pyridine rings is 1. The number of allylic oxidation sites excluding steroid dienone is 1. The van der Waals surface area contributed by atoms with Crippen LogP contribution in [0.5, 0.6) is 5.75 Å². The second-order valence-electron chi connectivity index (χ2n) is 18.2. The maximum Gasteiger partial charge on any atom is 0.408 e. The smallest absolute Gasteiger partial charge is 0.408 e. The molecule has 4 amide bonds. The van der Waals surface area contributed by atoms with Crippen LogP contribution in [0.25, 0.3) is 22.2 Å². The number of carbonyl (C=O) groups excluding carboxylic acids is 4. The highest BCUT2D eigenvalue weighted by Gasteiger charge is 2.64. The van der Waals surface area contributed by atoms with Crippen molar-refractivity contribution in [1.29, 1.82) is 0 Å². The number of ether oxygens (including phenoxy) is 2. The van der Waals surface area contributed by atoms with Crippen molar-refractivity contribution < 1.29 is 41.5 Å². The molecule has 2 saturated carbocycles. The van der Waals surface area contributed by atoms with Gasteiger partial charge in [-0.2, -0.15) is 0 Å². The molecule has 3 N–H and O–H groups in total. The minimum absolute atomic E-state index is 0.0210. The molecule has 5 atom stereocenters. The second kappa shape index (κ2) is 14.9. The first-order chi connectivity index (χ1) is 27.9. The number of hydrogen-bond acceptors (Lipinski definition) is 9. The maximum atomic E-state index is 14.9.